The van der Waals surface area contributed by atoms with E-state index in [1.165, 1.54) is 36.3 Å². The van der Waals surface area contributed by atoms with Crippen molar-refractivity contribution in [3.63, 3.8) is 0 Å². The number of hydrogen-bond acceptors (Lipinski definition) is 3. The summed E-state index contributed by atoms with van der Waals surface area (Å²) in [6, 6.07) is 5.15. The van der Waals surface area contributed by atoms with E-state index in [9.17, 15) is 0 Å². The molecule has 1 aliphatic carbocycles. The third kappa shape index (κ3) is 4.74. The summed E-state index contributed by atoms with van der Waals surface area (Å²) >= 11 is 4.01. The minimum Gasteiger partial charge on any atom is -0.313 e. The fourth-order valence-electron chi connectivity index (χ4n) is 3.30. The standard InChI is InChI=1S/C18H31NS2/c1-5-11-19-15-10-9-14(18(3,4)6-2)13-16(15)21-17-8-7-12-20-17/h7-8,12,14-16,19H,5-6,9-11,13H2,1-4H3. The van der Waals surface area contributed by atoms with Gasteiger partial charge in [0.2, 0.25) is 0 Å². The van der Waals surface area contributed by atoms with E-state index in [0.717, 1.165) is 17.7 Å². The van der Waals surface area contributed by atoms with Crippen molar-refractivity contribution in [2.45, 2.75) is 75.3 Å². The predicted molar refractivity (Wildman–Crippen MR) is 97.5 cm³/mol. The number of hydrogen-bond donors (Lipinski definition) is 1. The van der Waals surface area contributed by atoms with Gasteiger partial charge in [0.1, 0.15) is 0 Å². The van der Waals surface area contributed by atoms with E-state index >= 15 is 0 Å². The molecule has 1 aromatic rings. The molecule has 1 heterocycles. The van der Waals surface area contributed by atoms with Gasteiger partial charge in [-0.25, -0.2) is 0 Å². The van der Waals surface area contributed by atoms with Crippen LogP contribution in [-0.4, -0.2) is 17.8 Å². The van der Waals surface area contributed by atoms with Crippen LogP contribution in [0.3, 0.4) is 0 Å². The van der Waals surface area contributed by atoms with Gasteiger partial charge in [-0.3, -0.25) is 0 Å². The van der Waals surface area contributed by atoms with Crippen molar-refractivity contribution in [2.75, 3.05) is 6.54 Å². The van der Waals surface area contributed by atoms with E-state index < -0.39 is 0 Å². The Kier molecular flexibility index (Phi) is 6.64. The maximum atomic E-state index is 3.81. The van der Waals surface area contributed by atoms with E-state index in [-0.39, 0.29) is 0 Å². The minimum absolute atomic E-state index is 0.490. The zero-order valence-electron chi connectivity index (χ0n) is 14.0. The van der Waals surface area contributed by atoms with E-state index in [2.05, 4.69) is 62.3 Å². The molecular formula is C18H31NS2. The molecule has 0 spiro atoms. The molecule has 0 aliphatic heterocycles. The summed E-state index contributed by atoms with van der Waals surface area (Å²) in [6.07, 6.45) is 6.63. The normalized spacial score (nSPS) is 27.0. The SMILES string of the molecule is CCCNC1CCC(C(C)(C)CC)CC1Sc1cccs1. The van der Waals surface area contributed by atoms with Gasteiger partial charge in [-0.2, -0.15) is 0 Å². The molecule has 120 valence electrons. The van der Waals surface area contributed by atoms with Crippen LogP contribution in [0.2, 0.25) is 0 Å². The minimum atomic E-state index is 0.490. The highest BCUT2D eigenvalue weighted by Crippen LogP contribution is 2.45. The highest BCUT2D eigenvalue weighted by Gasteiger charge is 2.37. The zero-order valence-corrected chi connectivity index (χ0v) is 15.7. The van der Waals surface area contributed by atoms with Crippen LogP contribution in [0.1, 0.15) is 59.8 Å². The summed E-state index contributed by atoms with van der Waals surface area (Å²) in [5.74, 6) is 0.875. The van der Waals surface area contributed by atoms with Crippen molar-refractivity contribution in [1.82, 2.24) is 5.32 Å². The molecule has 0 saturated heterocycles. The second-order valence-corrected chi connectivity index (χ2v) is 9.49. The fraction of sp³-hybridized carbons (Fsp3) is 0.778. The third-order valence-corrected chi connectivity index (χ3v) is 7.66. The Bertz CT molecular complexity index is 399. The molecule has 0 amide bonds. The van der Waals surface area contributed by atoms with Gasteiger partial charge in [-0.1, -0.05) is 40.2 Å². The van der Waals surface area contributed by atoms with Crippen LogP contribution in [0.25, 0.3) is 0 Å². The predicted octanol–water partition coefficient (Wildman–Crippen LogP) is 5.81. The van der Waals surface area contributed by atoms with Crippen LogP contribution in [0.5, 0.6) is 0 Å². The van der Waals surface area contributed by atoms with Crippen LogP contribution >= 0.6 is 23.1 Å². The van der Waals surface area contributed by atoms with Gasteiger partial charge < -0.3 is 5.32 Å². The van der Waals surface area contributed by atoms with Crippen molar-refractivity contribution in [1.29, 1.82) is 0 Å². The molecule has 3 unspecified atom stereocenters. The summed E-state index contributed by atoms with van der Waals surface area (Å²) < 4.78 is 1.48. The first-order valence-electron chi connectivity index (χ1n) is 8.50. The summed E-state index contributed by atoms with van der Waals surface area (Å²) in [5, 5.41) is 6.74. The Morgan fingerprint density at radius 1 is 1.33 bits per heavy atom. The van der Waals surface area contributed by atoms with Gasteiger partial charge in [0, 0.05) is 11.3 Å². The van der Waals surface area contributed by atoms with Crippen LogP contribution in [-0.2, 0) is 0 Å². The average Bonchev–Trinajstić information content (AvgIpc) is 2.98. The van der Waals surface area contributed by atoms with Crippen molar-refractivity contribution in [3.8, 4) is 0 Å². The molecule has 1 nitrogen and oxygen atoms in total. The van der Waals surface area contributed by atoms with Gasteiger partial charge in [0.05, 0.1) is 4.21 Å². The highest BCUT2D eigenvalue weighted by atomic mass is 32.2. The lowest BCUT2D eigenvalue weighted by atomic mass is 9.68. The van der Waals surface area contributed by atoms with Crippen LogP contribution in [0.15, 0.2) is 21.7 Å². The van der Waals surface area contributed by atoms with Crippen molar-refractivity contribution >= 4 is 23.1 Å². The molecule has 2 rings (SSSR count). The molecule has 0 bridgehead atoms. The summed E-state index contributed by atoms with van der Waals surface area (Å²) in [4.78, 5) is 0. The maximum Gasteiger partial charge on any atom is 0.0601 e. The molecule has 1 N–H and O–H groups in total. The van der Waals surface area contributed by atoms with Gasteiger partial charge in [0.15, 0.2) is 0 Å². The number of thioether (sulfide) groups is 1. The number of nitrogens with one attached hydrogen (secondary N) is 1. The molecule has 1 aromatic heterocycles. The molecule has 1 fully saturated rings. The van der Waals surface area contributed by atoms with Gasteiger partial charge in [-0.05, 0) is 55.0 Å². The molecule has 21 heavy (non-hydrogen) atoms. The Hall–Kier alpha value is 0.01000. The Morgan fingerprint density at radius 2 is 2.14 bits per heavy atom. The van der Waals surface area contributed by atoms with E-state index in [4.69, 9.17) is 0 Å². The van der Waals surface area contributed by atoms with Gasteiger partial charge in [-0.15, -0.1) is 23.1 Å². The fourth-order valence-corrected chi connectivity index (χ4v) is 5.69. The monoisotopic (exact) mass is 325 g/mol. The summed E-state index contributed by atoms with van der Waals surface area (Å²) in [7, 11) is 0. The molecule has 1 aliphatic rings. The molecule has 3 atom stereocenters. The third-order valence-electron chi connectivity index (χ3n) is 5.23. The summed E-state index contributed by atoms with van der Waals surface area (Å²) in [5.41, 5.74) is 0.490. The first-order chi connectivity index (χ1) is 10.1. The number of rotatable bonds is 7. The summed E-state index contributed by atoms with van der Waals surface area (Å²) in [6.45, 7) is 10.7. The Balaban J connectivity index is 2.03. The van der Waals surface area contributed by atoms with Gasteiger partial charge in [0.25, 0.3) is 0 Å². The first-order valence-corrected chi connectivity index (χ1v) is 10.3. The van der Waals surface area contributed by atoms with E-state index in [0.29, 0.717) is 11.5 Å². The van der Waals surface area contributed by atoms with Crippen molar-refractivity contribution in [3.05, 3.63) is 17.5 Å². The maximum absolute atomic E-state index is 3.81. The van der Waals surface area contributed by atoms with Crippen LogP contribution < -0.4 is 5.32 Å². The van der Waals surface area contributed by atoms with Crippen LogP contribution in [0, 0.1) is 11.3 Å². The quantitative estimate of drug-likeness (QED) is 0.678. The Labute approximate surface area is 139 Å². The lowest BCUT2D eigenvalue weighted by Gasteiger charge is -2.43. The molecular weight excluding hydrogens is 294 g/mol. The molecule has 3 heteroatoms. The largest absolute Gasteiger partial charge is 0.313 e. The lowest BCUT2D eigenvalue weighted by Crippen LogP contribution is -2.45. The number of thiophene rings is 1. The lowest BCUT2D eigenvalue weighted by molar-refractivity contribution is 0.141. The van der Waals surface area contributed by atoms with Gasteiger partial charge >= 0.3 is 0 Å². The zero-order chi connectivity index (χ0) is 15.3. The van der Waals surface area contributed by atoms with Crippen LogP contribution in [0.4, 0.5) is 0 Å². The molecule has 0 aromatic carbocycles. The highest BCUT2D eigenvalue weighted by molar-refractivity contribution is 8.01. The van der Waals surface area contributed by atoms with E-state index in [1.807, 2.05) is 11.3 Å². The van der Waals surface area contributed by atoms with Crippen molar-refractivity contribution < 1.29 is 0 Å². The van der Waals surface area contributed by atoms with Crippen molar-refractivity contribution in [2.24, 2.45) is 11.3 Å². The smallest absolute Gasteiger partial charge is 0.0601 e. The topological polar surface area (TPSA) is 12.0 Å². The first kappa shape index (κ1) is 17.4. The van der Waals surface area contributed by atoms with E-state index in [1.54, 1.807) is 0 Å². The second-order valence-electron chi connectivity index (χ2n) is 7.00. The average molecular weight is 326 g/mol. The molecule has 1 saturated carbocycles. The Morgan fingerprint density at radius 3 is 2.76 bits per heavy atom. The molecule has 0 radical (unpaired) electrons. The second kappa shape index (κ2) is 8.03.